The maximum absolute atomic E-state index is 12.3. The molecule has 144 valence electrons. The van der Waals surface area contributed by atoms with Gasteiger partial charge < -0.3 is 18.9 Å². The van der Waals surface area contributed by atoms with Crippen molar-refractivity contribution in [3.8, 4) is 0 Å². The molecule has 0 aliphatic rings. The zero-order chi connectivity index (χ0) is 19.6. The second kappa shape index (κ2) is 10.4. The molecule has 0 saturated heterocycles. The van der Waals surface area contributed by atoms with Crippen molar-refractivity contribution >= 4 is 11.9 Å². The van der Waals surface area contributed by atoms with Crippen LogP contribution in [0.4, 0.5) is 0 Å². The van der Waals surface area contributed by atoms with E-state index in [0.717, 1.165) is 0 Å². The van der Waals surface area contributed by atoms with Gasteiger partial charge in [0.05, 0.1) is 0 Å². The number of esters is 2. The first-order valence-corrected chi connectivity index (χ1v) is 8.59. The SMILES string of the molecule is CO[C@@H](C(=O)OC[C@@H](C)OC(=O)[C@H](OC)c1ccccc1)c1ccccc1. The second-order valence-electron chi connectivity index (χ2n) is 5.93. The van der Waals surface area contributed by atoms with Crippen molar-refractivity contribution in [2.24, 2.45) is 0 Å². The minimum absolute atomic E-state index is 0.0809. The largest absolute Gasteiger partial charge is 0.460 e. The van der Waals surface area contributed by atoms with Crippen LogP contribution in [0, 0.1) is 0 Å². The zero-order valence-electron chi connectivity index (χ0n) is 15.7. The molecule has 2 aromatic rings. The molecule has 6 nitrogen and oxygen atoms in total. The lowest BCUT2D eigenvalue weighted by Gasteiger charge is -2.20. The van der Waals surface area contributed by atoms with E-state index in [1.54, 1.807) is 31.2 Å². The minimum Gasteiger partial charge on any atom is -0.460 e. The molecule has 0 amide bonds. The van der Waals surface area contributed by atoms with Gasteiger partial charge in [-0.1, -0.05) is 60.7 Å². The molecule has 2 aromatic carbocycles. The van der Waals surface area contributed by atoms with E-state index in [-0.39, 0.29) is 6.61 Å². The fraction of sp³-hybridized carbons (Fsp3) is 0.333. The first-order valence-electron chi connectivity index (χ1n) is 8.59. The summed E-state index contributed by atoms with van der Waals surface area (Å²) in [6.07, 6.45) is -2.29. The van der Waals surface area contributed by atoms with Gasteiger partial charge in [0.2, 0.25) is 0 Å². The van der Waals surface area contributed by atoms with Gasteiger partial charge in [0.1, 0.15) is 12.7 Å². The summed E-state index contributed by atoms with van der Waals surface area (Å²) in [7, 11) is 2.87. The van der Waals surface area contributed by atoms with Crippen LogP contribution in [-0.4, -0.2) is 38.9 Å². The fourth-order valence-corrected chi connectivity index (χ4v) is 2.56. The molecule has 0 radical (unpaired) electrons. The highest BCUT2D eigenvalue weighted by molar-refractivity contribution is 5.77. The number of carbonyl (C=O) groups is 2. The van der Waals surface area contributed by atoms with E-state index < -0.39 is 30.3 Å². The smallest absolute Gasteiger partial charge is 0.340 e. The fourth-order valence-electron chi connectivity index (χ4n) is 2.56. The lowest BCUT2D eigenvalue weighted by atomic mass is 10.1. The molecule has 0 aromatic heterocycles. The number of methoxy groups -OCH3 is 2. The van der Waals surface area contributed by atoms with Crippen LogP contribution in [0.15, 0.2) is 60.7 Å². The van der Waals surface area contributed by atoms with Gasteiger partial charge in [0.15, 0.2) is 12.2 Å². The van der Waals surface area contributed by atoms with Crippen molar-refractivity contribution in [2.45, 2.75) is 25.2 Å². The van der Waals surface area contributed by atoms with Crippen LogP contribution in [0.2, 0.25) is 0 Å². The van der Waals surface area contributed by atoms with Crippen molar-refractivity contribution in [2.75, 3.05) is 20.8 Å². The van der Waals surface area contributed by atoms with Crippen LogP contribution in [0.3, 0.4) is 0 Å². The first kappa shape index (κ1) is 20.6. The maximum Gasteiger partial charge on any atom is 0.340 e. The highest BCUT2D eigenvalue weighted by atomic mass is 16.6. The third-order valence-corrected chi connectivity index (χ3v) is 3.88. The number of rotatable bonds is 9. The number of benzene rings is 2. The lowest BCUT2D eigenvalue weighted by Crippen LogP contribution is -2.28. The molecule has 0 bridgehead atoms. The highest BCUT2D eigenvalue weighted by Gasteiger charge is 2.26. The Morgan fingerprint density at radius 1 is 0.778 bits per heavy atom. The van der Waals surface area contributed by atoms with Gasteiger partial charge in [0, 0.05) is 14.2 Å². The van der Waals surface area contributed by atoms with Crippen molar-refractivity contribution in [1.82, 2.24) is 0 Å². The summed E-state index contributed by atoms with van der Waals surface area (Å²) in [4.78, 5) is 24.6. The second-order valence-corrected chi connectivity index (χ2v) is 5.93. The Kier molecular flexibility index (Phi) is 7.98. The van der Waals surface area contributed by atoms with Crippen LogP contribution in [0.1, 0.15) is 30.3 Å². The summed E-state index contributed by atoms with van der Waals surface area (Å²) in [6, 6.07) is 18.1. The Morgan fingerprint density at radius 3 is 1.67 bits per heavy atom. The Hall–Kier alpha value is -2.70. The number of hydrogen-bond acceptors (Lipinski definition) is 6. The predicted molar refractivity (Wildman–Crippen MR) is 98.9 cm³/mol. The average molecular weight is 372 g/mol. The molecule has 6 heteroatoms. The van der Waals surface area contributed by atoms with E-state index in [4.69, 9.17) is 18.9 Å². The first-order chi connectivity index (χ1) is 13.1. The molecular weight excluding hydrogens is 348 g/mol. The Balaban J connectivity index is 1.88. The molecule has 0 heterocycles. The molecule has 27 heavy (non-hydrogen) atoms. The number of carbonyl (C=O) groups excluding carboxylic acids is 2. The average Bonchev–Trinajstić information content (AvgIpc) is 2.69. The van der Waals surface area contributed by atoms with Gasteiger partial charge in [-0.05, 0) is 18.1 Å². The Morgan fingerprint density at radius 2 is 1.22 bits per heavy atom. The van der Waals surface area contributed by atoms with Crippen LogP contribution < -0.4 is 0 Å². The van der Waals surface area contributed by atoms with Gasteiger partial charge in [0.25, 0.3) is 0 Å². The summed E-state index contributed by atoms with van der Waals surface area (Å²) in [6.45, 7) is 1.57. The summed E-state index contributed by atoms with van der Waals surface area (Å²) < 4.78 is 21.1. The maximum atomic E-state index is 12.3. The summed E-state index contributed by atoms with van der Waals surface area (Å²) >= 11 is 0. The number of hydrogen-bond donors (Lipinski definition) is 0. The number of ether oxygens (including phenoxy) is 4. The van der Waals surface area contributed by atoms with Gasteiger partial charge in [-0.25, -0.2) is 9.59 Å². The molecule has 0 fully saturated rings. The van der Waals surface area contributed by atoms with E-state index in [1.165, 1.54) is 14.2 Å². The standard InChI is InChI=1S/C21H24O6/c1-15(27-21(23)19(25-3)17-12-8-5-9-13-17)14-26-20(22)18(24-2)16-10-6-4-7-11-16/h4-13,15,18-19H,14H2,1-3H3/t15-,18-,19-/m1/s1. The van der Waals surface area contributed by atoms with Crippen molar-refractivity contribution in [1.29, 1.82) is 0 Å². The van der Waals surface area contributed by atoms with Crippen molar-refractivity contribution in [3.63, 3.8) is 0 Å². The molecule has 0 unspecified atom stereocenters. The van der Waals surface area contributed by atoms with E-state index >= 15 is 0 Å². The molecule has 0 N–H and O–H groups in total. The Bertz CT molecular complexity index is 716. The van der Waals surface area contributed by atoms with Crippen LogP contribution in [0.5, 0.6) is 0 Å². The third kappa shape index (κ3) is 5.91. The van der Waals surface area contributed by atoms with Crippen molar-refractivity contribution in [3.05, 3.63) is 71.8 Å². The minimum atomic E-state index is -0.833. The summed E-state index contributed by atoms with van der Waals surface area (Å²) in [5.41, 5.74) is 1.39. The normalized spacial score (nSPS) is 14.0. The molecule has 0 spiro atoms. The quantitative estimate of drug-likeness (QED) is 0.630. The summed E-state index contributed by atoms with van der Waals surface area (Å²) in [5.74, 6) is -1.09. The molecule has 0 saturated carbocycles. The molecule has 0 aliphatic carbocycles. The van der Waals surface area contributed by atoms with Crippen LogP contribution >= 0.6 is 0 Å². The topological polar surface area (TPSA) is 71.1 Å². The van der Waals surface area contributed by atoms with Crippen molar-refractivity contribution < 1.29 is 28.5 Å². The monoisotopic (exact) mass is 372 g/mol. The van der Waals surface area contributed by atoms with E-state index in [9.17, 15) is 9.59 Å². The van der Waals surface area contributed by atoms with Gasteiger partial charge in [-0.3, -0.25) is 0 Å². The van der Waals surface area contributed by atoms with Gasteiger partial charge in [-0.2, -0.15) is 0 Å². The lowest BCUT2D eigenvalue weighted by molar-refractivity contribution is -0.170. The molecule has 2 rings (SSSR count). The van der Waals surface area contributed by atoms with E-state index in [2.05, 4.69) is 0 Å². The predicted octanol–water partition coefficient (Wildman–Crippen LogP) is 3.24. The summed E-state index contributed by atoms with van der Waals surface area (Å²) in [5, 5.41) is 0. The van der Waals surface area contributed by atoms with Gasteiger partial charge >= 0.3 is 11.9 Å². The van der Waals surface area contributed by atoms with Gasteiger partial charge in [-0.15, -0.1) is 0 Å². The highest BCUT2D eigenvalue weighted by Crippen LogP contribution is 2.20. The van der Waals surface area contributed by atoms with E-state index in [0.29, 0.717) is 11.1 Å². The van der Waals surface area contributed by atoms with Crippen LogP contribution in [-0.2, 0) is 28.5 Å². The molecule has 0 aliphatic heterocycles. The van der Waals surface area contributed by atoms with E-state index in [1.807, 2.05) is 36.4 Å². The molecule has 3 atom stereocenters. The molecular formula is C21H24O6. The zero-order valence-corrected chi connectivity index (χ0v) is 15.7. The Labute approximate surface area is 159 Å². The third-order valence-electron chi connectivity index (χ3n) is 3.88. The van der Waals surface area contributed by atoms with Crippen LogP contribution in [0.25, 0.3) is 0 Å².